The van der Waals surface area contributed by atoms with Gasteiger partial charge in [0.2, 0.25) is 0 Å². The van der Waals surface area contributed by atoms with E-state index in [2.05, 4.69) is 0 Å². The molecule has 0 heterocycles. The standard InChI is InChI=1S/C28H18O3/c29-25(18-10-2-1-3-11-18)24-23(20-16-8-12-17-9-4-5-13-19(17)20)28(24)26(30)21-14-6-7-15-22(21)27(28)31/h1-16,23-24H/t23-,24+/m0/s1. The summed E-state index contributed by atoms with van der Waals surface area (Å²) in [4.78, 5) is 41.0. The topological polar surface area (TPSA) is 51.2 Å². The number of Topliss-reactive ketones (excluding diaryl/α,β-unsaturated/α-hetero) is 3. The zero-order valence-electron chi connectivity index (χ0n) is 16.6. The summed E-state index contributed by atoms with van der Waals surface area (Å²) in [5.41, 5.74) is 0.941. The molecule has 1 saturated carbocycles. The Morgan fingerprint density at radius 1 is 0.645 bits per heavy atom. The molecule has 0 radical (unpaired) electrons. The normalized spacial score (nSPS) is 20.8. The summed E-state index contributed by atoms with van der Waals surface area (Å²) in [5.74, 6) is -1.76. The van der Waals surface area contributed by atoms with E-state index in [0.29, 0.717) is 16.7 Å². The number of ketones is 3. The van der Waals surface area contributed by atoms with Gasteiger partial charge in [0, 0.05) is 22.6 Å². The van der Waals surface area contributed by atoms with Crippen LogP contribution in [0.5, 0.6) is 0 Å². The molecule has 3 heteroatoms. The van der Waals surface area contributed by atoms with Crippen molar-refractivity contribution in [1.29, 1.82) is 0 Å². The van der Waals surface area contributed by atoms with Crippen molar-refractivity contribution in [1.82, 2.24) is 0 Å². The van der Waals surface area contributed by atoms with Gasteiger partial charge in [-0.05, 0) is 16.3 Å². The van der Waals surface area contributed by atoms with Gasteiger partial charge in [0.25, 0.3) is 0 Å². The molecule has 4 aromatic carbocycles. The maximum atomic E-state index is 13.7. The first-order valence-corrected chi connectivity index (χ1v) is 10.4. The van der Waals surface area contributed by atoms with Gasteiger partial charge in [0.15, 0.2) is 17.3 Å². The average molecular weight is 402 g/mol. The van der Waals surface area contributed by atoms with Gasteiger partial charge >= 0.3 is 0 Å². The highest BCUT2D eigenvalue weighted by Gasteiger charge is 2.79. The number of fused-ring (bicyclic) bond motifs is 2. The molecule has 0 amide bonds. The summed E-state index contributed by atoms with van der Waals surface area (Å²) in [6, 6.07) is 29.7. The van der Waals surface area contributed by atoms with Gasteiger partial charge < -0.3 is 0 Å². The minimum absolute atomic E-state index is 0.145. The summed E-state index contributed by atoms with van der Waals surface area (Å²) in [5, 5.41) is 2.01. The first kappa shape index (κ1) is 18.0. The fraction of sp³-hybridized carbons (Fsp3) is 0.107. The molecule has 4 aromatic rings. The van der Waals surface area contributed by atoms with Gasteiger partial charge in [-0.2, -0.15) is 0 Å². The van der Waals surface area contributed by atoms with Crippen LogP contribution >= 0.6 is 0 Å². The second kappa shape index (κ2) is 6.32. The first-order chi connectivity index (χ1) is 15.2. The third kappa shape index (κ3) is 2.26. The maximum Gasteiger partial charge on any atom is 0.178 e. The molecule has 3 nitrogen and oxygen atoms in total. The van der Waals surface area contributed by atoms with Gasteiger partial charge in [-0.15, -0.1) is 0 Å². The highest BCUT2D eigenvalue weighted by Crippen LogP contribution is 2.71. The molecule has 31 heavy (non-hydrogen) atoms. The van der Waals surface area contributed by atoms with Crippen LogP contribution in [0.1, 0.15) is 42.6 Å². The van der Waals surface area contributed by atoms with Gasteiger partial charge in [0.05, 0.1) is 5.92 Å². The molecule has 0 bridgehead atoms. The van der Waals surface area contributed by atoms with E-state index in [9.17, 15) is 14.4 Å². The fourth-order valence-corrected chi connectivity index (χ4v) is 5.47. The predicted octanol–water partition coefficient (Wildman–Crippen LogP) is 5.50. The van der Waals surface area contributed by atoms with Crippen LogP contribution in [0.4, 0.5) is 0 Å². The second-order valence-electron chi connectivity index (χ2n) is 8.33. The summed E-state index contributed by atoms with van der Waals surface area (Å²) in [7, 11) is 0. The van der Waals surface area contributed by atoms with Crippen LogP contribution in [0.3, 0.4) is 0 Å². The summed E-state index contributed by atoms with van der Waals surface area (Å²) in [6.07, 6.45) is 0. The summed E-state index contributed by atoms with van der Waals surface area (Å²) >= 11 is 0. The molecule has 148 valence electrons. The number of benzene rings is 4. The number of carbonyl (C=O) groups excluding carboxylic acids is 3. The molecule has 2 aliphatic rings. The number of carbonyl (C=O) groups is 3. The van der Waals surface area contributed by atoms with Crippen LogP contribution in [-0.4, -0.2) is 17.3 Å². The lowest BCUT2D eigenvalue weighted by atomic mass is 9.90. The Labute approximate surface area is 179 Å². The molecule has 0 saturated heterocycles. The van der Waals surface area contributed by atoms with E-state index < -0.39 is 17.3 Å². The van der Waals surface area contributed by atoms with Crippen LogP contribution in [-0.2, 0) is 0 Å². The highest BCUT2D eigenvalue weighted by atomic mass is 16.2. The Kier molecular flexibility index (Phi) is 3.66. The molecular formula is C28H18O3. The van der Waals surface area contributed by atoms with Crippen LogP contribution in [0.15, 0.2) is 97.1 Å². The van der Waals surface area contributed by atoms with Crippen molar-refractivity contribution in [2.75, 3.05) is 0 Å². The Bertz CT molecular complexity index is 1360. The molecule has 2 atom stereocenters. The second-order valence-corrected chi connectivity index (χ2v) is 8.33. The summed E-state index contributed by atoms with van der Waals surface area (Å²) < 4.78 is 0. The number of hydrogen-bond acceptors (Lipinski definition) is 3. The zero-order valence-corrected chi connectivity index (χ0v) is 16.6. The van der Waals surface area contributed by atoms with Gasteiger partial charge in [-0.3, -0.25) is 14.4 Å². The molecular weight excluding hydrogens is 384 g/mol. The Morgan fingerprint density at radius 3 is 1.94 bits per heavy atom. The van der Waals surface area contributed by atoms with E-state index in [4.69, 9.17) is 0 Å². The van der Waals surface area contributed by atoms with Crippen molar-refractivity contribution in [3.63, 3.8) is 0 Å². The molecule has 0 aliphatic heterocycles. The van der Waals surface area contributed by atoms with Crippen molar-refractivity contribution in [3.8, 4) is 0 Å². The van der Waals surface area contributed by atoms with E-state index in [1.54, 1.807) is 36.4 Å². The van der Waals surface area contributed by atoms with Crippen LogP contribution in [0, 0.1) is 11.3 Å². The lowest BCUT2D eigenvalue weighted by molar-refractivity contribution is 0.0764. The van der Waals surface area contributed by atoms with Crippen LogP contribution < -0.4 is 0 Å². The Balaban J connectivity index is 1.58. The number of hydrogen-bond donors (Lipinski definition) is 0. The lowest BCUT2D eigenvalue weighted by Gasteiger charge is -2.09. The number of rotatable bonds is 3. The minimum Gasteiger partial charge on any atom is -0.294 e. The van der Waals surface area contributed by atoms with Crippen molar-refractivity contribution >= 4 is 28.1 Å². The van der Waals surface area contributed by atoms with E-state index in [1.165, 1.54) is 0 Å². The van der Waals surface area contributed by atoms with E-state index in [-0.39, 0.29) is 17.3 Å². The SMILES string of the molecule is O=C(c1ccccc1)[C@H]1[C@H](c2cccc3ccccc23)C12C(=O)c1ccccc1C2=O. The first-order valence-electron chi connectivity index (χ1n) is 10.4. The quantitative estimate of drug-likeness (QED) is 0.336. The monoisotopic (exact) mass is 402 g/mol. The van der Waals surface area contributed by atoms with E-state index >= 15 is 0 Å². The minimum atomic E-state index is -1.35. The van der Waals surface area contributed by atoms with Gasteiger partial charge in [0.1, 0.15) is 5.41 Å². The van der Waals surface area contributed by atoms with Crippen molar-refractivity contribution in [2.45, 2.75) is 5.92 Å². The Morgan fingerprint density at radius 2 is 1.23 bits per heavy atom. The zero-order chi connectivity index (χ0) is 21.2. The molecule has 2 aliphatic carbocycles. The molecule has 0 aromatic heterocycles. The molecule has 6 rings (SSSR count). The molecule has 1 fully saturated rings. The van der Waals surface area contributed by atoms with Crippen molar-refractivity contribution < 1.29 is 14.4 Å². The van der Waals surface area contributed by atoms with Crippen LogP contribution in [0.25, 0.3) is 10.8 Å². The predicted molar refractivity (Wildman–Crippen MR) is 118 cm³/mol. The molecule has 0 unspecified atom stereocenters. The fourth-order valence-electron chi connectivity index (χ4n) is 5.47. The smallest absolute Gasteiger partial charge is 0.178 e. The average Bonchev–Trinajstić information content (AvgIpc) is 3.48. The van der Waals surface area contributed by atoms with Crippen molar-refractivity contribution in [3.05, 3.63) is 119 Å². The van der Waals surface area contributed by atoms with E-state index in [0.717, 1.165) is 16.3 Å². The third-order valence-electron chi connectivity index (χ3n) is 6.87. The van der Waals surface area contributed by atoms with Gasteiger partial charge in [-0.25, -0.2) is 0 Å². The lowest BCUT2D eigenvalue weighted by Crippen LogP contribution is -2.23. The van der Waals surface area contributed by atoms with Gasteiger partial charge in [-0.1, -0.05) is 97.1 Å². The Hall–Kier alpha value is -3.85. The summed E-state index contributed by atoms with van der Waals surface area (Å²) in [6.45, 7) is 0. The maximum absolute atomic E-state index is 13.7. The van der Waals surface area contributed by atoms with E-state index in [1.807, 2.05) is 60.7 Å². The largest absolute Gasteiger partial charge is 0.294 e. The molecule has 0 N–H and O–H groups in total. The third-order valence-corrected chi connectivity index (χ3v) is 6.87. The molecule has 1 spiro atoms. The van der Waals surface area contributed by atoms with Crippen LogP contribution in [0.2, 0.25) is 0 Å². The highest BCUT2D eigenvalue weighted by molar-refractivity contribution is 6.35. The van der Waals surface area contributed by atoms with Crippen molar-refractivity contribution in [2.24, 2.45) is 11.3 Å².